The molecule has 1 fully saturated rings. The molecule has 0 spiro atoms. The Hall–Kier alpha value is -2.30. The molecule has 2 N–H and O–H groups in total. The molecule has 0 bridgehead atoms. The summed E-state index contributed by atoms with van der Waals surface area (Å²) in [4.78, 5) is 26.1. The van der Waals surface area contributed by atoms with Crippen LogP contribution in [0.5, 0.6) is 0 Å². The molecule has 1 saturated carbocycles. The van der Waals surface area contributed by atoms with Crippen molar-refractivity contribution in [3.63, 3.8) is 0 Å². The van der Waals surface area contributed by atoms with Crippen molar-refractivity contribution < 1.29 is 22.4 Å². The summed E-state index contributed by atoms with van der Waals surface area (Å²) in [6.07, 6.45) is 1.59. The first-order valence-electron chi connectivity index (χ1n) is 8.78. The first kappa shape index (κ1) is 21.4. The highest BCUT2D eigenvalue weighted by Crippen LogP contribution is 2.25. The number of nitrogens with zero attached hydrogens (tertiary/aromatic N) is 1. The first-order chi connectivity index (χ1) is 13.7. The number of nitrogens with one attached hydrogen (secondary N) is 2. The number of amides is 2. The van der Waals surface area contributed by atoms with Crippen molar-refractivity contribution in [1.82, 2.24) is 9.62 Å². The van der Waals surface area contributed by atoms with Crippen LogP contribution in [0.15, 0.2) is 51.8 Å². The summed E-state index contributed by atoms with van der Waals surface area (Å²) in [5.74, 6) is -1.54. The smallest absolute Gasteiger partial charge is 0.255 e. The molecule has 2 amide bonds. The number of hydrogen-bond donors (Lipinski definition) is 2. The Kier molecular flexibility index (Phi) is 6.35. The van der Waals surface area contributed by atoms with E-state index >= 15 is 0 Å². The van der Waals surface area contributed by atoms with E-state index in [1.54, 1.807) is 0 Å². The minimum atomic E-state index is -3.72. The minimum absolute atomic E-state index is 0.0198. The summed E-state index contributed by atoms with van der Waals surface area (Å²) in [6, 6.07) is 9.51. The van der Waals surface area contributed by atoms with Gasteiger partial charge in [0.25, 0.3) is 5.91 Å². The molecule has 0 aliphatic heterocycles. The van der Waals surface area contributed by atoms with Crippen LogP contribution in [-0.4, -0.2) is 44.8 Å². The fourth-order valence-corrected chi connectivity index (χ4v) is 4.33. The minimum Gasteiger partial charge on any atom is -0.332 e. The van der Waals surface area contributed by atoms with Crippen molar-refractivity contribution >= 4 is 43.5 Å². The van der Waals surface area contributed by atoms with Crippen LogP contribution in [0.25, 0.3) is 0 Å². The summed E-state index contributed by atoms with van der Waals surface area (Å²) >= 11 is 3.25. The second kappa shape index (κ2) is 8.60. The third-order valence-corrected chi connectivity index (χ3v) is 6.42. The van der Waals surface area contributed by atoms with Crippen LogP contribution in [0.1, 0.15) is 23.2 Å². The number of anilines is 1. The standard InChI is InChI=1S/C19H19BrFN3O4S/c1-24(11-18(25)22-14-4-2-3-12(21)9-14)19(26)16-10-15(7-8-17(16)20)29(27,28)23-13-5-6-13/h2-4,7-10,13,23H,5-6,11H2,1H3,(H,22,25). The van der Waals surface area contributed by atoms with Crippen molar-refractivity contribution in [1.29, 1.82) is 0 Å². The number of halogens is 2. The van der Waals surface area contributed by atoms with Crippen LogP contribution in [0, 0.1) is 5.82 Å². The lowest BCUT2D eigenvalue weighted by Crippen LogP contribution is -2.35. The van der Waals surface area contributed by atoms with Gasteiger partial charge in [0.1, 0.15) is 5.82 Å². The van der Waals surface area contributed by atoms with Crippen LogP contribution < -0.4 is 10.0 Å². The van der Waals surface area contributed by atoms with Crippen molar-refractivity contribution in [3.05, 3.63) is 58.3 Å². The van der Waals surface area contributed by atoms with Crippen molar-refractivity contribution in [3.8, 4) is 0 Å². The highest BCUT2D eigenvalue weighted by atomic mass is 79.9. The van der Waals surface area contributed by atoms with Crippen LogP contribution in [0.3, 0.4) is 0 Å². The summed E-state index contributed by atoms with van der Waals surface area (Å²) in [7, 11) is -2.30. The fraction of sp³-hybridized carbons (Fsp3) is 0.263. The van der Waals surface area contributed by atoms with E-state index in [1.165, 1.54) is 43.4 Å². The fourth-order valence-electron chi connectivity index (χ4n) is 2.58. The number of sulfonamides is 1. The van der Waals surface area contributed by atoms with E-state index in [1.807, 2.05) is 0 Å². The maximum atomic E-state index is 13.2. The largest absolute Gasteiger partial charge is 0.332 e. The lowest BCUT2D eigenvalue weighted by atomic mass is 10.2. The molecular weight excluding hydrogens is 465 g/mol. The molecule has 2 aromatic carbocycles. The molecule has 1 aliphatic carbocycles. The topological polar surface area (TPSA) is 95.6 Å². The van der Waals surface area contributed by atoms with Gasteiger partial charge in [-0.3, -0.25) is 9.59 Å². The van der Waals surface area contributed by atoms with Crippen LogP contribution in [0.2, 0.25) is 0 Å². The van der Waals surface area contributed by atoms with Gasteiger partial charge in [-0.1, -0.05) is 6.07 Å². The average Bonchev–Trinajstić information content (AvgIpc) is 3.44. The van der Waals surface area contributed by atoms with E-state index in [9.17, 15) is 22.4 Å². The normalized spacial score (nSPS) is 13.8. The summed E-state index contributed by atoms with van der Waals surface area (Å²) < 4.78 is 41.0. The molecule has 154 valence electrons. The highest BCUT2D eigenvalue weighted by Gasteiger charge is 2.29. The van der Waals surface area contributed by atoms with Gasteiger partial charge in [-0.05, 0) is 65.2 Å². The van der Waals surface area contributed by atoms with Gasteiger partial charge in [0.2, 0.25) is 15.9 Å². The average molecular weight is 484 g/mol. The van der Waals surface area contributed by atoms with Gasteiger partial charge in [-0.2, -0.15) is 0 Å². The predicted octanol–water partition coefficient (Wildman–Crippen LogP) is 2.74. The van der Waals surface area contributed by atoms with E-state index in [0.717, 1.165) is 23.8 Å². The van der Waals surface area contributed by atoms with Gasteiger partial charge in [0, 0.05) is 23.2 Å². The summed E-state index contributed by atoms with van der Waals surface area (Å²) in [6.45, 7) is -0.293. The molecule has 3 rings (SSSR count). The maximum Gasteiger partial charge on any atom is 0.255 e. The van der Waals surface area contributed by atoms with Gasteiger partial charge >= 0.3 is 0 Å². The molecule has 7 nitrogen and oxygen atoms in total. The van der Waals surface area contributed by atoms with E-state index in [4.69, 9.17) is 0 Å². The summed E-state index contributed by atoms with van der Waals surface area (Å²) in [5, 5.41) is 2.51. The Bertz CT molecular complexity index is 1060. The Morgan fingerprint density at radius 2 is 1.93 bits per heavy atom. The van der Waals surface area contributed by atoms with Gasteiger partial charge in [0.15, 0.2) is 0 Å². The second-order valence-electron chi connectivity index (χ2n) is 6.76. The SMILES string of the molecule is CN(CC(=O)Nc1cccc(F)c1)C(=O)c1cc(S(=O)(=O)NC2CC2)ccc1Br. The summed E-state index contributed by atoms with van der Waals surface area (Å²) in [5.41, 5.74) is 0.390. The molecular formula is C19H19BrFN3O4S. The van der Waals surface area contributed by atoms with Crippen molar-refractivity contribution in [2.45, 2.75) is 23.8 Å². The van der Waals surface area contributed by atoms with Crippen molar-refractivity contribution in [2.24, 2.45) is 0 Å². The zero-order valence-corrected chi connectivity index (χ0v) is 17.9. The quantitative estimate of drug-likeness (QED) is 0.632. The number of carbonyl (C=O) groups is 2. The van der Waals surface area contributed by atoms with Crippen LogP contribution in [0.4, 0.5) is 10.1 Å². The Morgan fingerprint density at radius 3 is 2.59 bits per heavy atom. The number of carbonyl (C=O) groups excluding carboxylic acids is 2. The third-order valence-electron chi connectivity index (χ3n) is 4.21. The van der Waals surface area contributed by atoms with Crippen LogP contribution in [-0.2, 0) is 14.8 Å². The highest BCUT2D eigenvalue weighted by molar-refractivity contribution is 9.10. The molecule has 0 heterocycles. The first-order valence-corrected chi connectivity index (χ1v) is 11.1. The van der Waals surface area contributed by atoms with Gasteiger partial charge in [-0.25, -0.2) is 17.5 Å². The molecule has 0 atom stereocenters. The zero-order chi connectivity index (χ0) is 21.2. The maximum absolute atomic E-state index is 13.2. The molecule has 0 aromatic heterocycles. The van der Waals surface area contributed by atoms with Gasteiger partial charge in [-0.15, -0.1) is 0 Å². The Balaban J connectivity index is 1.71. The molecule has 0 saturated heterocycles. The van der Waals surface area contributed by atoms with Gasteiger partial charge in [0.05, 0.1) is 17.0 Å². The van der Waals surface area contributed by atoms with E-state index in [2.05, 4.69) is 26.0 Å². The van der Waals surface area contributed by atoms with E-state index in [0.29, 0.717) is 4.47 Å². The molecule has 0 unspecified atom stereocenters. The monoisotopic (exact) mass is 483 g/mol. The number of rotatable bonds is 7. The lowest BCUT2D eigenvalue weighted by Gasteiger charge is -2.18. The number of benzene rings is 2. The van der Waals surface area contributed by atoms with E-state index in [-0.39, 0.29) is 28.7 Å². The van der Waals surface area contributed by atoms with Crippen LogP contribution >= 0.6 is 15.9 Å². The predicted molar refractivity (Wildman–Crippen MR) is 109 cm³/mol. The Labute approximate surface area is 176 Å². The molecule has 10 heteroatoms. The van der Waals surface area contributed by atoms with E-state index < -0.39 is 27.7 Å². The van der Waals surface area contributed by atoms with Gasteiger partial charge < -0.3 is 10.2 Å². The second-order valence-corrected chi connectivity index (χ2v) is 9.33. The lowest BCUT2D eigenvalue weighted by molar-refractivity contribution is -0.116. The molecule has 2 aromatic rings. The number of hydrogen-bond acceptors (Lipinski definition) is 4. The molecule has 0 radical (unpaired) electrons. The molecule has 1 aliphatic rings. The molecule has 29 heavy (non-hydrogen) atoms. The third kappa shape index (κ3) is 5.62. The van der Waals surface area contributed by atoms with Crippen molar-refractivity contribution in [2.75, 3.05) is 18.9 Å². The Morgan fingerprint density at radius 1 is 1.21 bits per heavy atom. The number of likely N-dealkylation sites (N-methyl/N-ethyl adjacent to an activating group) is 1. The zero-order valence-electron chi connectivity index (χ0n) is 15.5.